The molecule has 2 aliphatic carbocycles. The first-order valence-corrected chi connectivity index (χ1v) is 14.8. The third-order valence-electron chi connectivity index (χ3n) is 7.66. The number of hydrogen-bond acceptors (Lipinski definition) is 7. The highest BCUT2D eigenvalue weighted by Crippen LogP contribution is 2.43. The Kier molecular flexibility index (Phi) is 9.50. The van der Waals surface area contributed by atoms with Gasteiger partial charge in [0.1, 0.15) is 5.75 Å². The Morgan fingerprint density at radius 2 is 1.78 bits per heavy atom. The Bertz CT molecular complexity index is 1030. The number of aliphatic hydroxyl groups is 1. The molecule has 1 N–H and O–H groups in total. The molecule has 2 saturated carbocycles. The van der Waals surface area contributed by atoms with Crippen LogP contribution in [-0.2, 0) is 24.3 Å². The Morgan fingerprint density at radius 1 is 1.08 bits per heavy atom. The van der Waals surface area contributed by atoms with Crippen LogP contribution in [0.1, 0.15) is 51.4 Å². The van der Waals surface area contributed by atoms with E-state index >= 15 is 0 Å². The van der Waals surface area contributed by atoms with E-state index in [0.29, 0.717) is 23.8 Å². The van der Waals surface area contributed by atoms with Gasteiger partial charge in [-0.2, -0.15) is 4.31 Å². The molecule has 9 nitrogen and oxygen atoms in total. The average Bonchev–Trinajstić information content (AvgIpc) is 3.78. The van der Waals surface area contributed by atoms with Crippen molar-refractivity contribution in [3.63, 3.8) is 0 Å². The van der Waals surface area contributed by atoms with Gasteiger partial charge in [-0.3, -0.25) is 4.79 Å². The van der Waals surface area contributed by atoms with Gasteiger partial charge in [-0.1, -0.05) is 19.3 Å². The van der Waals surface area contributed by atoms with Gasteiger partial charge < -0.3 is 24.2 Å². The second-order valence-electron chi connectivity index (χ2n) is 10.2. The first kappa shape index (κ1) is 27.9. The van der Waals surface area contributed by atoms with Crippen molar-refractivity contribution in [2.24, 2.45) is 11.8 Å². The second kappa shape index (κ2) is 12.6. The molecule has 1 aromatic carbocycles. The van der Waals surface area contributed by atoms with E-state index in [4.69, 9.17) is 14.2 Å². The summed E-state index contributed by atoms with van der Waals surface area (Å²) in [4.78, 5) is 15.2. The largest absolute Gasteiger partial charge is 0.497 e. The van der Waals surface area contributed by atoms with E-state index in [-0.39, 0.29) is 49.1 Å². The fourth-order valence-corrected chi connectivity index (χ4v) is 6.66. The van der Waals surface area contributed by atoms with Crippen LogP contribution >= 0.6 is 0 Å². The average molecular weight is 537 g/mol. The molecular formula is C27H40N2O7S. The van der Waals surface area contributed by atoms with Crippen LogP contribution in [0.15, 0.2) is 41.0 Å². The van der Waals surface area contributed by atoms with Crippen molar-refractivity contribution < 1.29 is 32.5 Å². The first-order chi connectivity index (χ1) is 17.8. The van der Waals surface area contributed by atoms with Crippen molar-refractivity contribution in [3.05, 3.63) is 36.1 Å². The number of sulfonamides is 1. The molecule has 1 aromatic rings. The number of carbonyl (C=O) groups is 1. The van der Waals surface area contributed by atoms with Gasteiger partial charge in [0.05, 0.1) is 25.2 Å². The van der Waals surface area contributed by atoms with Gasteiger partial charge in [-0.05, 0) is 67.9 Å². The zero-order valence-electron chi connectivity index (χ0n) is 21.9. The summed E-state index contributed by atoms with van der Waals surface area (Å²) >= 11 is 0. The first-order valence-electron chi connectivity index (χ1n) is 13.4. The van der Waals surface area contributed by atoms with Crippen LogP contribution in [0.2, 0.25) is 0 Å². The van der Waals surface area contributed by atoms with Crippen molar-refractivity contribution in [1.82, 2.24) is 9.21 Å². The monoisotopic (exact) mass is 536 g/mol. The number of benzene rings is 1. The van der Waals surface area contributed by atoms with Crippen LogP contribution in [0.25, 0.3) is 0 Å². The molecular weight excluding hydrogens is 496 g/mol. The van der Waals surface area contributed by atoms with Gasteiger partial charge in [-0.15, -0.1) is 0 Å². The molecule has 1 heterocycles. The maximum Gasteiger partial charge on any atom is 0.288 e. The summed E-state index contributed by atoms with van der Waals surface area (Å²) in [5, 5.41) is 9.49. The fraction of sp³-hybridized carbons (Fsp3) is 0.667. The smallest absolute Gasteiger partial charge is 0.288 e. The maximum absolute atomic E-state index is 13.3. The summed E-state index contributed by atoms with van der Waals surface area (Å²) in [5.74, 6) is 1.56. The Morgan fingerprint density at radius 3 is 2.41 bits per heavy atom. The Balaban J connectivity index is 1.38. The predicted molar refractivity (Wildman–Crippen MR) is 138 cm³/mol. The number of nitrogens with zero attached hydrogens (tertiary/aromatic N) is 2. The van der Waals surface area contributed by atoms with Gasteiger partial charge in [-0.25, -0.2) is 8.42 Å². The molecule has 0 aromatic heterocycles. The van der Waals surface area contributed by atoms with Gasteiger partial charge in [0, 0.05) is 32.6 Å². The summed E-state index contributed by atoms with van der Waals surface area (Å²) in [5.41, 5.74) is 0. The Hall–Kier alpha value is -2.14. The van der Waals surface area contributed by atoms with Gasteiger partial charge >= 0.3 is 0 Å². The van der Waals surface area contributed by atoms with Crippen LogP contribution in [-0.4, -0.2) is 81.4 Å². The van der Waals surface area contributed by atoms with Crippen molar-refractivity contribution in [2.45, 2.75) is 68.6 Å². The molecule has 37 heavy (non-hydrogen) atoms. The number of aliphatic hydroxyl groups excluding tert-OH is 1. The highest BCUT2D eigenvalue weighted by molar-refractivity contribution is 7.89. The van der Waals surface area contributed by atoms with E-state index in [1.54, 1.807) is 12.1 Å². The third-order valence-corrected chi connectivity index (χ3v) is 9.57. The van der Waals surface area contributed by atoms with Crippen LogP contribution in [0.4, 0.5) is 0 Å². The number of methoxy groups -OCH3 is 1. The van der Waals surface area contributed by atoms with Gasteiger partial charge in [0.2, 0.25) is 16.3 Å². The fourth-order valence-electron chi connectivity index (χ4n) is 5.24. The summed E-state index contributed by atoms with van der Waals surface area (Å²) in [6.07, 6.45) is 9.81. The van der Waals surface area contributed by atoms with E-state index in [1.165, 1.54) is 30.0 Å². The van der Waals surface area contributed by atoms with E-state index in [1.807, 2.05) is 18.0 Å². The molecule has 2 atom stereocenters. The maximum atomic E-state index is 13.3. The molecule has 0 radical (unpaired) electrons. The van der Waals surface area contributed by atoms with Crippen LogP contribution in [0.3, 0.4) is 0 Å². The van der Waals surface area contributed by atoms with Crippen molar-refractivity contribution in [1.29, 1.82) is 0 Å². The molecule has 0 spiro atoms. The molecule has 0 bridgehead atoms. The molecule has 1 aliphatic heterocycles. The van der Waals surface area contributed by atoms with E-state index < -0.39 is 16.3 Å². The van der Waals surface area contributed by atoms with E-state index in [2.05, 4.69) is 0 Å². The summed E-state index contributed by atoms with van der Waals surface area (Å²) < 4.78 is 44.6. The lowest BCUT2D eigenvalue weighted by molar-refractivity contribution is -0.156. The number of allylic oxidation sites excluding steroid dienone is 1. The van der Waals surface area contributed by atoms with Crippen LogP contribution in [0.5, 0.6) is 5.75 Å². The normalized spacial score (nSPS) is 22.9. The van der Waals surface area contributed by atoms with Gasteiger partial charge in [0.15, 0.2) is 5.76 Å². The van der Waals surface area contributed by atoms with E-state index in [9.17, 15) is 18.3 Å². The quantitative estimate of drug-likeness (QED) is 0.438. The summed E-state index contributed by atoms with van der Waals surface area (Å²) in [7, 11) is -0.455. The number of amides is 1. The van der Waals surface area contributed by atoms with Crippen LogP contribution < -0.4 is 4.74 Å². The number of carbonyl (C=O) groups excluding carboxylic acids is 1. The van der Waals surface area contributed by atoms with Crippen LogP contribution in [0, 0.1) is 11.8 Å². The topological polar surface area (TPSA) is 106 Å². The van der Waals surface area contributed by atoms with Crippen molar-refractivity contribution in [2.75, 3.05) is 40.5 Å². The number of likely N-dealkylation sites (N-methyl/N-ethyl adjacent to an activating group) is 1. The minimum Gasteiger partial charge on any atom is -0.497 e. The van der Waals surface area contributed by atoms with Crippen molar-refractivity contribution in [3.8, 4) is 5.75 Å². The molecule has 206 valence electrons. The zero-order chi connectivity index (χ0) is 26.4. The molecule has 0 unspecified atom stereocenters. The zero-order valence-corrected chi connectivity index (χ0v) is 22.7. The number of rotatable bonds is 12. The molecule has 2 fully saturated rings. The van der Waals surface area contributed by atoms with Gasteiger partial charge in [0.25, 0.3) is 5.91 Å². The standard InChI is InChI=1S/C27H40N2O7S/c1-28(22-6-4-3-5-7-22)27(31)25-18-21(20-8-9-20)19-26(36-25)35-17-15-29(14-16-30)37(32,33)24-12-10-23(34-2)11-13-24/h10-13,18,20-22,26,30H,3-9,14-17,19H2,1-2H3/t21-,26+/m1/s1. The second-order valence-corrected chi connectivity index (χ2v) is 12.1. The lowest BCUT2D eigenvalue weighted by Crippen LogP contribution is -2.42. The minimum atomic E-state index is -3.83. The molecule has 0 saturated heterocycles. The summed E-state index contributed by atoms with van der Waals surface area (Å²) in [6, 6.07) is 6.37. The van der Waals surface area contributed by atoms with Crippen molar-refractivity contribution >= 4 is 15.9 Å². The highest BCUT2D eigenvalue weighted by Gasteiger charge is 2.38. The lowest BCUT2D eigenvalue weighted by Gasteiger charge is -2.35. The predicted octanol–water partition coefficient (Wildman–Crippen LogP) is 3.14. The number of ether oxygens (including phenoxy) is 3. The summed E-state index contributed by atoms with van der Waals surface area (Å²) in [6.45, 7) is -0.229. The Labute approximate surface area is 220 Å². The lowest BCUT2D eigenvalue weighted by atomic mass is 9.93. The SMILES string of the molecule is COc1ccc(S(=O)(=O)N(CCO)CCO[C@@H]2C[C@H](C3CC3)C=C(C(=O)N(C)C3CCCCC3)O2)cc1. The molecule has 1 amide bonds. The highest BCUT2D eigenvalue weighted by atomic mass is 32.2. The van der Waals surface area contributed by atoms with E-state index in [0.717, 1.165) is 38.5 Å². The molecule has 3 aliphatic rings. The molecule has 4 rings (SSSR count). The minimum absolute atomic E-state index is 0.0518. The third kappa shape index (κ3) is 7.04. The number of hydrogen-bond donors (Lipinski definition) is 1. The molecule has 10 heteroatoms.